The summed E-state index contributed by atoms with van der Waals surface area (Å²) in [4.78, 5) is 12.7. The molecule has 0 saturated heterocycles. The molecule has 0 fully saturated rings. The first-order valence-electron chi connectivity index (χ1n) is 9.47. The number of hydrogen-bond donors (Lipinski definition) is 0. The van der Waals surface area contributed by atoms with E-state index in [9.17, 15) is 13.2 Å². The summed E-state index contributed by atoms with van der Waals surface area (Å²) >= 11 is 0. The molecule has 0 bridgehead atoms. The van der Waals surface area contributed by atoms with Crippen molar-refractivity contribution in [3.05, 3.63) is 89.1 Å². The number of rotatable bonds is 6. The second kappa shape index (κ2) is 8.57. The molecular formula is C23H25NO3S. The van der Waals surface area contributed by atoms with E-state index in [1.165, 1.54) is 4.31 Å². The fraction of sp³-hybridized carbons (Fsp3) is 0.261. The lowest BCUT2D eigenvalue weighted by atomic mass is 9.95. The molecule has 1 aliphatic rings. The zero-order chi connectivity index (χ0) is 20.1. The number of hydrogen-bond acceptors (Lipinski definition) is 3. The summed E-state index contributed by atoms with van der Waals surface area (Å²) in [6.45, 7) is 3.86. The van der Waals surface area contributed by atoms with E-state index >= 15 is 0 Å². The van der Waals surface area contributed by atoms with E-state index in [1.807, 2.05) is 43.3 Å². The summed E-state index contributed by atoms with van der Waals surface area (Å²) in [5, 5.41) is 0. The molecule has 0 N–H and O–H groups in total. The van der Waals surface area contributed by atoms with Gasteiger partial charge in [-0.3, -0.25) is 9.10 Å². The highest BCUT2D eigenvalue weighted by Gasteiger charge is 2.30. The van der Waals surface area contributed by atoms with Crippen LogP contribution < -0.4 is 0 Å². The summed E-state index contributed by atoms with van der Waals surface area (Å²) in [5.74, 6) is -0.00322. The van der Waals surface area contributed by atoms with Gasteiger partial charge in [-0.1, -0.05) is 60.2 Å². The molecule has 0 aliphatic heterocycles. The van der Waals surface area contributed by atoms with Gasteiger partial charge in [-0.15, -0.1) is 0 Å². The largest absolute Gasteiger partial charge is 0.294 e. The summed E-state index contributed by atoms with van der Waals surface area (Å²) in [6.07, 6.45) is 5.63. The van der Waals surface area contributed by atoms with Crippen LogP contribution in [-0.4, -0.2) is 18.5 Å². The van der Waals surface area contributed by atoms with Crippen molar-refractivity contribution in [3.8, 4) is 0 Å². The Hall–Kier alpha value is -2.66. The molecule has 28 heavy (non-hydrogen) atoms. The monoisotopic (exact) mass is 395 g/mol. The van der Waals surface area contributed by atoms with Crippen LogP contribution in [0, 0.1) is 6.92 Å². The SMILES string of the molecule is C/C=C(\C1=CCCCC1=O)N(Cc1ccccc1)S(=O)(=O)c1ccc(C)cc1. The van der Waals surface area contributed by atoms with Crippen LogP contribution >= 0.6 is 0 Å². The van der Waals surface area contributed by atoms with Gasteiger partial charge in [0, 0.05) is 12.0 Å². The number of aryl methyl sites for hydroxylation is 1. The van der Waals surface area contributed by atoms with E-state index in [4.69, 9.17) is 0 Å². The van der Waals surface area contributed by atoms with Crippen LogP contribution in [0.15, 0.2) is 82.9 Å². The quantitative estimate of drug-likeness (QED) is 0.708. The topological polar surface area (TPSA) is 54.5 Å². The lowest BCUT2D eigenvalue weighted by Crippen LogP contribution is -2.32. The van der Waals surface area contributed by atoms with Gasteiger partial charge in [0.05, 0.1) is 17.1 Å². The third-order valence-electron chi connectivity index (χ3n) is 4.85. The van der Waals surface area contributed by atoms with Crippen molar-refractivity contribution >= 4 is 15.8 Å². The smallest absolute Gasteiger partial charge is 0.264 e. The molecule has 5 heteroatoms. The number of nitrogens with zero attached hydrogens (tertiary/aromatic N) is 1. The standard InChI is InChI=1S/C23H25NO3S/c1-3-22(21-11-7-8-12-23(21)25)24(17-19-9-5-4-6-10-19)28(26,27)20-15-13-18(2)14-16-20/h3-6,9-11,13-16H,7-8,12,17H2,1-2H3/b22-3+. The van der Waals surface area contributed by atoms with Crippen molar-refractivity contribution in [2.24, 2.45) is 0 Å². The highest BCUT2D eigenvalue weighted by Crippen LogP contribution is 2.30. The number of carbonyl (C=O) groups is 1. The first kappa shape index (κ1) is 20.1. The molecule has 0 spiro atoms. The Morgan fingerprint density at radius 2 is 1.75 bits per heavy atom. The zero-order valence-corrected chi connectivity index (χ0v) is 17.1. The molecule has 0 aromatic heterocycles. The van der Waals surface area contributed by atoms with E-state index in [-0.39, 0.29) is 17.2 Å². The molecule has 0 heterocycles. The van der Waals surface area contributed by atoms with E-state index < -0.39 is 10.0 Å². The van der Waals surface area contributed by atoms with Gasteiger partial charge in [-0.25, -0.2) is 8.42 Å². The molecule has 0 amide bonds. The second-order valence-electron chi connectivity index (χ2n) is 6.92. The highest BCUT2D eigenvalue weighted by atomic mass is 32.2. The molecule has 4 nitrogen and oxygen atoms in total. The number of allylic oxidation sites excluding steroid dienone is 3. The second-order valence-corrected chi connectivity index (χ2v) is 8.78. The van der Waals surface area contributed by atoms with Gasteiger partial charge in [0.25, 0.3) is 10.0 Å². The van der Waals surface area contributed by atoms with Gasteiger partial charge >= 0.3 is 0 Å². The molecular weight excluding hydrogens is 370 g/mol. The average Bonchev–Trinajstić information content (AvgIpc) is 2.70. The first-order valence-corrected chi connectivity index (χ1v) is 10.9. The Kier molecular flexibility index (Phi) is 6.15. The van der Waals surface area contributed by atoms with Crippen LogP contribution in [0.25, 0.3) is 0 Å². The van der Waals surface area contributed by atoms with Crippen LogP contribution in [0.2, 0.25) is 0 Å². The number of sulfonamides is 1. The van der Waals surface area contributed by atoms with Crippen molar-refractivity contribution in [1.29, 1.82) is 0 Å². The molecule has 146 valence electrons. The molecule has 2 aromatic carbocycles. The lowest BCUT2D eigenvalue weighted by Gasteiger charge is -2.29. The summed E-state index contributed by atoms with van der Waals surface area (Å²) in [7, 11) is -3.83. The fourth-order valence-corrected chi connectivity index (χ4v) is 4.84. The van der Waals surface area contributed by atoms with E-state index in [0.717, 1.165) is 24.0 Å². The highest BCUT2D eigenvalue weighted by molar-refractivity contribution is 7.89. The van der Waals surface area contributed by atoms with Gasteiger partial charge in [0.15, 0.2) is 5.78 Å². The number of benzene rings is 2. The van der Waals surface area contributed by atoms with Gasteiger partial charge in [-0.2, -0.15) is 0 Å². The van der Waals surface area contributed by atoms with Crippen molar-refractivity contribution in [3.63, 3.8) is 0 Å². The third-order valence-corrected chi connectivity index (χ3v) is 6.63. The summed E-state index contributed by atoms with van der Waals surface area (Å²) in [5.41, 5.74) is 2.81. The minimum Gasteiger partial charge on any atom is -0.294 e. The van der Waals surface area contributed by atoms with E-state index in [1.54, 1.807) is 37.3 Å². The van der Waals surface area contributed by atoms with Crippen molar-refractivity contribution in [2.45, 2.75) is 44.6 Å². The van der Waals surface area contributed by atoms with Crippen LogP contribution in [-0.2, 0) is 21.4 Å². The van der Waals surface area contributed by atoms with Gasteiger partial charge in [0.1, 0.15) is 0 Å². The van der Waals surface area contributed by atoms with Crippen LogP contribution in [0.4, 0.5) is 0 Å². The van der Waals surface area contributed by atoms with Crippen molar-refractivity contribution in [2.75, 3.05) is 0 Å². The molecule has 2 aromatic rings. The Morgan fingerprint density at radius 3 is 2.36 bits per heavy atom. The Morgan fingerprint density at radius 1 is 1.07 bits per heavy atom. The Bertz CT molecular complexity index is 1000. The number of carbonyl (C=O) groups excluding carboxylic acids is 1. The minimum atomic E-state index is -3.83. The summed E-state index contributed by atoms with van der Waals surface area (Å²) < 4.78 is 28.5. The average molecular weight is 396 g/mol. The van der Waals surface area contributed by atoms with Gasteiger partial charge in [0.2, 0.25) is 0 Å². The Labute approximate surface area is 167 Å². The van der Waals surface area contributed by atoms with Gasteiger partial charge < -0.3 is 0 Å². The van der Waals surface area contributed by atoms with E-state index in [0.29, 0.717) is 17.7 Å². The third kappa shape index (κ3) is 4.25. The number of ketones is 1. The van der Waals surface area contributed by atoms with Crippen LogP contribution in [0.3, 0.4) is 0 Å². The van der Waals surface area contributed by atoms with E-state index in [2.05, 4.69) is 0 Å². The first-order chi connectivity index (χ1) is 13.4. The van der Waals surface area contributed by atoms with Crippen LogP contribution in [0.1, 0.15) is 37.3 Å². The lowest BCUT2D eigenvalue weighted by molar-refractivity contribution is -0.115. The molecule has 0 unspecified atom stereocenters. The summed E-state index contributed by atoms with van der Waals surface area (Å²) in [6, 6.07) is 16.2. The maximum absolute atomic E-state index is 13.5. The van der Waals surface area contributed by atoms with Crippen molar-refractivity contribution in [1.82, 2.24) is 4.31 Å². The molecule has 0 radical (unpaired) electrons. The predicted molar refractivity (Wildman–Crippen MR) is 111 cm³/mol. The van der Waals surface area contributed by atoms with Crippen LogP contribution in [0.5, 0.6) is 0 Å². The molecule has 0 atom stereocenters. The zero-order valence-electron chi connectivity index (χ0n) is 16.3. The normalized spacial score (nSPS) is 15.3. The van der Waals surface area contributed by atoms with Crippen molar-refractivity contribution < 1.29 is 13.2 Å². The number of Topliss-reactive ketones (excluding diaryl/α,β-unsaturated/α-hetero) is 1. The maximum Gasteiger partial charge on any atom is 0.264 e. The maximum atomic E-state index is 13.5. The minimum absolute atomic E-state index is 0.00322. The predicted octanol–water partition coefficient (Wildman–Crippen LogP) is 4.77. The fourth-order valence-electron chi connectivity index (χ4n) is 3.33. The molecule has 3 rings (SSSR count). The Balaban J connectivity index is 2.10. The van der Waals surface area contributed by atoms with Gasteiger partial charge in [-0.05, 0) is 44.4 Å². The molecule has 0 saturated carbocycles. The molecule has 1 aliphatic carbocycles.